The highest BCUT2D eigenvalue weighted by atomic mass is 32.2. The lowest BCUT2D eigenvalue weighted by atomic mass is 10.3. The maximum absolute atomic E-state index is 5.35. The number of aryl methyl sites for hydroxylation is 1. The zero-order valence-corrected chi connectivity index (χ0v) is 9.82. The summed E-state index contributed by atoms with van der Waals surface area (Å²) in [5.41, 5.74) is 3.47. The number of anilines is 1. The molecule has 0 aromatic carbocycles. The third-order valence-corrected chi connectivity index (χ3v) is 3.12. The second-order valence-electron chi connectivity index (χ2n) is 3.25. The number of nitrogens with zero attached hydrogens (tertiary/aromatic N) is 4. The smallest absolute Gasteiger partial charge is 0.147 e. The fraction of sp³-hybridized carbons (Fsp3) is 0.222. The molecule has 0 amide bonds. The van der Waals surface area contributed by atoms with Crippen molar-refractivity contribution in [2.24, 2.45) is 12.9 Å². The Balaban J connectivity index is 2.28. The Kier molecular flexibility index (Phi) is 3.07. The maximum Gasteiger partial charge on any atom is 0.147 e. The van der Waals surface area contributed by atoms with E-state index in [9.17, 15) is 0 Å². The van der Waals surface area contributed by atoms with E-state index in [1.54, 1.807) is 10.9 Å². The average molecular weight is 236 g/mol. The third-order valence-electron chi connectivity index (χ3n) is 2.07. The summed E-state index contributed by atoms with van der Waals surface area (Å²) in [7, 11) is 1.88. The van der Waals surface area contributed by atoms with Gasteiger partial charge in [0.1, 0.15) is 17.2 Å². The van der Waals surface area contributed by atoms with Gasteiger partial charge in [-0.15, -0.1) is 0 Å². The van der Waals surface area contributed by atoms with Gasteiger partial charge in [-0.3, -0.25) is 4.68 Å². The molecule has 2 heterocycles. The molecule has 0 bridgehead atoms. The van der Waals surface area contributed by atoms with Gasteiger partial charge in [0.05, 0.1) is 11.1 Å². The quantitative estimate of drug-likeness (QED) is 0.469. The van der Waals surface area contributed by atoms with Gasteiger partial charge in [-0.1, -0.05) is 11.8 Å². The van der Waals surface area contributed by atoms with Gasteiger partial charge in [-0.05, 0) is 6.92 Å². The highest BCUT2D eigenvalue weighted by Gasteiger charge is 2.08. The van der Waals surface area contributed by atoms with Crippen LogP contribution in [0.5, 0.6) is 0 Å². The maximum atomic E-state index is 5.35. The zero-order valence-electron chi connectivity index (χ0n) is 9.01. The van der Waals surface area contributed by atoms with Crippen LogP contribution in [0.15, 0.2) is 28.6 Å². The Bertz CT molecular complexity index is 494. The van der Waals surface area contributed by atoms with E-state index in [4.69, 9.17) is 5.84 Å². The molecule has 0 aliphatic carbocycles. The molecule has 0 aliphatic rings. The largest absolute Gasteiger partial charge is 0.308 e. The molecule has 0 fully saturated rings. The lowest BCUT2D eigenvalue weighted by molar-refractivity contribution is 0.766. The second-order valence-corrected chi connectivity index (χ2v) is 4.31. The van der Waals surface area contributed by atoms with Crippen molar-refractivity contribution in [3.63, 3.8) is 0 Å². The van der Waals surface area contributed by atoms with E-state index >= 15 is 0 Å². The highest BCUT2D eigenvalue weighted by molar-refractivity contribution is 7.99. The van der Waals surface area contributed by atoms with Crippen molar-refractivity contribution in [3.8, 4) is 0 Å². The van der Waals surface area contributed by atoms with Crippen LogP contribution in [0, 0.1) is 6.92 Å². The molecule has 84 valence electrons. The molecular weight excluding hydrogens is 224 g/mol. The molecule has 6 nitrogen and oxygen atoms in total. The van der Waals surface area contributed by atoms with E-state index < -0.39 is 0 Å². The predicted molar refractivity (Wildman–Crippen MR) is 61.9 cm³/mol. The van der Waals surface area contributed by atoms with E-state index in [0.717, 1.165) is 15.5 Å². The summed E-state index contributed by atoms with van der Waals surface area (Å²) in [4.78, 5) is 9.27. The zero-order chi connectivity index (χ0) is 11.5. The van der Waals surface area contributed by atoms with Crippen LogP contribution in [-0.4, -0.2) is 19.7 Å². The normalized spacial score (nSPS) is 10.4. The minimum absolute atomic E-state index is 0.640. The highest BCUT2D eigenvalue weighted by Crippen LogP contribution is 2.29. The van der Waals surface area contributed by atoms with Gasteiger partial charge in [0.15, 0.2) is 0 Å². The molecule has 2 aromatic rings. The van der Waals surface area contributed by atoms with E-state index in [1.165, 1.54) is 18.1 Å². The predicted octanol–water partition coefficient (Wildman–Crippen LogP) is 0.955. The van der Waals surface area contributed by atoms with Crippen molar-refractivity contribution in [3.05, 3.63) is 24.3 Å². The fourth-order valence-corrected chi connectivity index (χ4v) is 2.12. The van der Waals surface area contributed by atoms with Crippen LogP contribution in [0.3, 0.4) is 0 Å². The van der Waals surface area contributed by atoms with Gasteiger partial charge in [0.2, 0.25) is 0 Å². The van der Waals surface area contributed by atoms with Crippen molar-refractivity contribution in [1.29, 1.82) is 0 Å². The SMILES string of the molecule is Cc1c(NN)ncnc1Sc1cnn(C)c1. The first-order valence-corrected chi connectivity index (χ1v) is 5.47. The van der Waals surface area contributed by atoms with Crippen LogP contribution in [0.4, 0.5) is 5.82 Å². The first kappa shape index (κ1) is 10.9. The molecule has 0 radical (unpaired) electrons. The first-order valence-electron chi connectivity index (χ1n) is 4.65. The van der Waals surface area contributed by atoms with Crippen LogP contribution in [0.25, 0.3) is 0 Å². The third kappa shape index (κ3) is 2.15. The molecule has 0 spiro atoms. The average Bonchev–Trinajstić information content (AvgIpc) is 2.67. The molecule has 2 rings (SSSR count). The number of rotatable bonds is 3. The molecule has 3 N–H and O–H groups in total. The molecule has 0 saturated carbocycles. The monoisotopic (exact) mass is 236 g/mol. The van der Waals surface area contributed by atoms with Gasteiger partial charge in [-0.25, -0.2) is 15.8 Å². The van der Waals surface area contributed by atoms with Crippen LogP contribution in [0.1, 0.15) is 5.56 Å². The van der Waals surface area contributed by atoms with Crippen LogP contribution < -0.4 is 11.3 Å². The van der Waals surface area contributed by atoms with Gasteiger partial charge in [0.25, 0.3) is 0 Å². The summed E-state index contributed by atoms with van der Waals surface area (Å²) < 4.78 is 1.75. The first-order chi connectivity index (χ1) is 7.70. The number of nitrogen functional groups attached to an aromatic ring is 1. The minimum atomic E-state index is 0.640. The summed E-state index contributed by atoms with van der Waals surface area (Å²) in [5.74, 6) is 5.99. The Labute approximate surface area is 97.2 Å². The summed E-state index contributed by atoms with van der Waals surface area (Å²) in [6.07, 6.45) is 5.21. The van der Waals surface area contributed by atoms with Crippen LogP contribution in [-0.2, 0) is 7.05 Å². The summed E-state index contributed by atoms with van der Waals surface area (Å²) >= 11 is 1.53. The van der Waals surface area contributed by atoms with Crippen molar-refractivity contribution in [2.75, 3.05) is 5.43 Å². The minimum Gasteiger partial charge on any atom is -0.308 e. The summed E-state index contributed by atoms with van der Waals surface area (Å²) in [6, 6.07) is 0. The van der Waals surface area contributed by atoms with Gasteiger partial charge >= 0.3 is 0 Å². The number of hydrogen-bond acceptors (Lipinski definition) is 6. The second kappa shape index (κ2) is 4.50. The number of aromatic nitrogens is 4. The molecule has 7 heteroatoms. The molecule has 16 heavy (non-hydrogen) atoms. The number of hydrogen-bond donors (Lipinski definition) is 2. The Morgan fingerprint density at radius 1 is 1.44 bits per heavy atom. The van der Waals surface area contributed by atoms with Gasteiger partial charge in [0, 0.05) is 18.8 Å². The van der Waals surface area contributed by atoms with Crippen LogP contribution >= 0.6 is 11.8 Å². The van der Waals surface area contributed by atoms with Gasteiger partial charge < -0.3 is 5.43 Å². The molecule has 2 aromatic heterocycles. The molecule has 0 atom stereocenters. The summed E-state index contributed by atoms with van der Waals surface area (Å²) in [5, 5.41) is 4.97. The number of nitrogens with one attached hydrogen (secondary N) is 1. The molecule has 0 saturated heterocycles. The molecule has 0 aliphatic heterocycles. The van der Waals surface area contributed by atoms with E-state index in [0.29, 0.717) is 5.82 Å². The standard InChI is InChI=1S/C9H12N6S/c1-6-8(14-10)11-5-12-9(6)16-7-3-13-15(2)4-7/h3-5H,10H2,1-2H3,(H,11,12,14). The lowest BCUT2D eigenvalue weighted by Gasteiger charge is -2.06. The van der Waals surface area contributed by atoms with Gasteiger partial charge in [-0.2, -0.15) is 5.10 Å². The van der Waals surface area contributed by atoms with E-state index in [2.05, 4.69) is 20.5 Å². The van der Waals surface area contributed by atoms with Crippen LogP contribution in [0.2, 0.25) is 0 Å². The number of nitrogens with two attached hydrogens (primary N) is 1. The molecular formula is C9H12N6S. The Morgan fingerprint density at radius 3 is 2.88 bits per heavy atom. The van der Waals surface area contributed by atoms with Crippen molar-refractivity contribution in [1.82, 2.24) is 19.7 Å². The lowest BCUT2D eigenvalue weighted by Crippen LogP contribution is -2.10. The summed E-state index contributed by atoms with van der Waals surface area (Å²) in [6.45, 7) is 1.92. The van der Waals surface area contributed by atoms with Crippen molar-refractivity contribution < 1.29 is 0 Å². The van der Waals surface area contributed by atoms with Crippen molar-refractivity contribution in [2.45, 2.75) is 16.8 Å². The molecule has 0 unspecified atom stereocenters. The topological polar surface area (TPSA) is 81.7 Å². The van der Waals surface area contributed by atoms with E-state index in [-0.39, 0.29) is 0 Å². The van der Waals surface area contributed by atoms with Crippen molar-refractivity contribution >= 4 is 17.6 Å². The fourth-order valence-electron chi connectivity index (χ4n) is 1.25. The van der Waals surface area contributed by atoms with E-state index in [1.807, 2.05) is 20.2 Å². The Hall–Kier alpha value is -1.60. The number of hydrazine groups is 1. The Morgan fingerprint density at radius 2 is 2.25 bits per heavy atom.